The number of carbonyl (C=O) groups is 2. The molecule has 0 spiro atoms. The third-order valence-electron chi connectivity index (χ3n) is 5.84. The molecular formula is C24H26N2O2. The van der Waals surface area contributed by atoms with Gasteiger partial charge in [-0.25, -0.2) is 0 Å². The van der Waals surface area contributed by atoms with Crippen molar-refractivity contribution in [3.63, 3.8) is 0 Å². The van der Waals surface area contributed by atoms with Gasteiger partial charge < -0.3 is 9.80 Å². The van der Waals surface area contributed by atoms with Gasteiger partial charge in [-0.1, -0.05) is 60.7 Å². The Hall–Kier alpha value is -2.88. The molecule has 0 N–H and O–H groups in total. The average molecular weight is 374 g/mol. The van der Waals surface area contributed by atoms with Crippen molar-refractivity contribution in [3.05, 3.63) is 77.9 Å². The number of rotatable bonds is 4. The fourth-order valence-corrected chi connectivity index (χ4v) is 4.24. The second kappa shape index (κ2) is 7.63. The van der Waals surface area contributed by atoms with Crippen LogP contribution in [0.4, 0.5) is 5.69 Å². The highest BCUT2D eigenvalue weighted by Gasteiger charge is 2.48. The van der Waals surface area contributed by atoms with E-state index in [1.165, 1.54) is 0 Å². The van der Waals surface area contributed by atoms with E-state index in [4.69, 9.17) is 0 Å². The molecule has 0 fully saturated rings. The third kappa shape index (κ3) is 3.35. The molecule has 28 heavy (non-hydrogen) atoms. The molecule has 0 aromatic heterocycles. The topological polar surface area (TPSA) is 40.6 Å². The molecule has 1 unspecified atom stereocenters. The minimum absolute atomic E-state index is 0.0104. The van der Waals surface area contributed by atoms with E-state index in [0.717, 1.165) is 36.2 Å². The molecule has 0 aliphatic carbocycles. The SMILES string of the molecule is CC1(CC(=O)N2CC=CCCC2)C(=O)N(Cc2ccccc2)c2ccccc21. The Morgan fingerprint density at radius 3 is 2.61 bits per heavy atom. The van der Waals surface area contributed by atoms with Gasteiger partial charge in [0, 0.05) is 25.2 Å². The lowest BCUT2D eigenvalue weighted by Gasteiger charge is -2.28. The summed E-state index contributed by atoms with van der Waals surface area (Å²) in [6, 6.07) is 17.9. The first-order valence-electron chi connectivity index (χ1n) is 9.98. The molecule has 2 heterocycles. The predicted octanol–water partition coefficient (Wildman–Crippen LogP) is 4.06. The highest BCUT2D eigenvalue weighted by molar-refractivity contribution is 6.09. The van der Waals surface area contributed by atoms with Crippen LogP contribution >= 0.6 is 0 Å². The van der Waals surface area contributed by atoms with Gasteiger partial charge in [-0.15, -0.1) is 0 Å². The molecule has 144 valence electrons. The van der Waals surface area contributed by atoms with Crippen LogP contribution in [0, 0.1) is 0 Å². The molecule has 0 saturated carbocycles. The van der Waals surface area contributed by atoms with E-state index in [9.17, 15) is 9.59 Å². The minimum Gasteiger partial charge on any atom is -0.339 e. The molecule has 2 aliphatic rings. The van der Waals surface area contributed by atoms with Gasteiger partial charge in [-0.05, 0) is 37.0 Å². The Morgan fingerprint density at radius 2 is 1.79 bits per heavy atom. The van der Waals surface area contributed by atoms with Gasteiger partial charge >= 0.3 is 0 Å². The number of anilines is 1. The van der Waals surface area contributed by atoms with E-state index in [2.05, 4.69) is 12.2 Å². The number of nitrogens with zero attached hydrogens (tertiary/aromatic N) is 2. The summed E-state index contributed by atoms with van der Waals surface area (Å²) in [5, 5.41) is 0. The number of hydrogen-bond acceptors (Lipinski definition) is 2. The van der Waals surface area contributed by atoms with Gasteiger partial charge in [-0.3, -0.25) is 9.59 Å². The first kappa shape index (κ1) is 18.5. The van der Waals surface area contributed by atoms with E-state index in [-0.39, 0.29) is 18.2 Å². The second-order valence-electron chi connectivity index (χ2n) is 7.86. The number of carbonyl (C=O) groups excluding carboxylic acids is 2. The van der Waals surface area contributed by atoms with Gasteiger partial charge in [0.2, 0.25) is 11.8 Å². The molecule has 2 amide bonds. The Bertz CT molecular complexity index is 906. The molecule has 4 rings (SSSR count). The van der Waals surface area contributed by atoms with Crippen LogP contribution in [0.3, 0.4) is 0 Å². The molecule has 2 aromatic carbocycles. The van der Waals surface area contributed by atoms with Crippen LogP contribution in [0.2, 0.25) is 0 Å². The van der Waals surface area contributed by atoms with Crippen LogP contribution in [0.15, 0.2) is 66.7 Å². The maximum absolute atomic E-state index is 13.5. The van der Waals surface area contributed by atoms with Gasteiger partial charge in [0.25, 0.3) is 0 Å². The summed E-state index contributed by atoms with van der Waals surface area (Å²) in [5.74, 6) is 0.0648. The fourth-order valence-electron chi connectivity index (χ4n) is 4.24. The number of hydrogen-bond donors (Lipinski definition) is 0. The van der Waals surface area contributed by atoms with Crippen LogP contribution < -0.4 is 4.90 Å². The summed E-state index contributed by atoms with van der Waals surface area (Å²) in [6.45, 7) is 3.83. The maximum Gasteiger partial charge on any atom is 0.238 e. The summed E-state index contributed by atoms with van der Waals surface area (Å²) >= 11 is 0. The number of amides is 2. The van der Waals surface area contributed by atoms with Crippen molar-refractivity contribution < 1.29 is 9.59 Å². The Kier molecular flexibility index (Phi) is 5.03. The van der Waals surface area contributed by atoms with Crippen LogP contribution in [-0.2, 0) is 21.5 Å². The molecule has 2 aromatic rings. The minimum atomic E-state index is -0.821. The summed E-state index contributed by atoms with van der Waals surface area (Å²) in [4.78, 5) is 30.3. The normalized spacial score (nSPS) is 21.5. The quantitative estimate of drug-likeness (QED) is 0.757. The predicted molar refractivity (Wildman–Crippen MR) is 111 cm³/mol. The third-order valence-corrected chi connectivity index (χ3v) is 5.84. The molecule has 0 bridgehead atoms. The highest BCUT2D eigenvalue weighted by atomic mass is 16.2. The lowest BCUT2D eigenvalue weighted by Crippen LogP contribution is -2.43. The van der Waals surface area contributed by atoms with Crippen LogP contribution in [0.1, 0.15) is 37.3 Å². The molecule has 1 atom stereocenters. The van der Waals surface area contributed by atoms with Crippen molar-refractivity contribution in [1.82, 2.24) is 4.90 Å². The summed E-state index contributed by atoms with van der Waals surface area (Å²) in [7, 11) is 0. The average Bonchev–Trinajstić information content (AvgIpc) is 2.93. The van der Waals surface area contributed by atoms with Gasteiger partial charge in [0.05, 0.1) is 12.0 Å². The second-order valence-corrected chi connectivity index (χ2v) is 7.86. The van der Waals surface area contributed by atoms with Crippen LogP contribution in [0.5, 0.6) is 0 Å². The van der Waals surface area contributed by atoms with E-state index < -0.39 is 5.41 Å². The zero-order valence-electron chi connectivity index (χ0n) is 16.3. The zero-order chi connectivity index (χ0) is 19.6. The van der Waals surface area contributed by atoms with E-state index in [1.54, 1.807) is 0 Å². The summed E-state index contributed by atoms with van der Waals surface area (Å²) in [5.41, 5.74) is 2.13. The molecule has 4 nitrogen and oxygen atoms in total. The zero-order valence-corrected chi connectivity index (χ0v) is 16.3. The Balaban J connectivity index is 1.62. The van der Waals surface area contributed by atoms with Crippen LogP contribution in [-0.4, -0.2) is 29.8 Å². The van der Waals surface area contributed by atoms with E-state index in [1.807, 2.05) is 71.3 Å². The lowest BCUT2D eigenvalue weighted by atomic mass is 9.80. The van der Waals surface area contributed by atoms with Crippen molar-refractivity contribution in [2.24, 2.45) is 0 Å². The first-order chi connectivity index (χ1) is 13.6. The standard InChI is InChI=1S/C24H26N2O2/c1-24(17-22(27)25-15-9-2-3-10-16-25)20-13-7-8-14-21(20)26(23(24)28)18-19-11-5-4-6-12-19/h2,4-9,11-14H,3,10,15-18H2,1H3. The van der Waals surface area contributed by atoms with Crippen molar-refractivity contribution in [1.29, 1.82) is 0 Å². The molecule has 0 radical (unpaired) electrons. The highest BCUT2D eigenvalue weighted by Crippen LogP contribution is 2.44. The number of allylic oxidation sites excluding steroid dienone is 1. The number of fused-ring (bicyclic) bond motifs is 1. The summed E-state index contributed by atoms with van der Waals surface area (Å²) < 4.78 is 0. The molecule has 0 saturated heterocycles. The molecule has 2 aliphatic heterocycles. The van der Waals surface area contributed by atoms with Crippen molar-refractivity contribution in [2.75, 3.05) is 18.0 Å². The van der Waals surface area contributed by atoms with Crippen molar-refractivity contribution in [3.8, 4) is 0 Å². The smallest absolute Gasteiger partial charge is 0.238 e. The Morgan fingerprint density at radius 1 is 1.04 bits per heavy atom. The van der Waals surface area contributed by atoms with Crippen molar-refractivity contribution in [2.45, 2.75) is 38.1 Å². The van der Waals surface area contributed by atoms with Crippen LogP contribution in [0.25, 0.3) is 0 Å². The van der Waals surface area contributed by atoms with Gasteiger partial charge in [-0.2, -0.15) is 0 Å². The van der Waals surface area contributed by atoms with E-state index in [0.29, 0.717) is 13.1 Å². The number of para-hydroxylation sites is 1. The van der Waals surface area contributed by atoms with E-state index >= 15 is 0 Å². The maximum atomic E-state index is 13.5. The molecular weight excluding hydrogens is 348 g/mol. The Labute approximate surface area is 166 Å². The first-order valence-corrected chi connectivity index (χ1v) is 9.98. The lowest BCUT2D eigenvalue weighted by molar-refractivity contribution is -0.135. The largest absolute Gasteiger partial charge is 0.339 e. The summed E-state index contributed by atoms with van der Waals surface area (Å²) in [6.07, 6.45) is 6.38. The number of benzene rings is 2. The van der Waals surface area contributed by atoms with Crippen molar-refractivity contribution >= 4 is 17.5 Å². The fraction of sp³-hybridized carbons (Fsp3) is 0.333. The molecule has 4 heteroatoms. The van der Waals surface area contributed by atoms with Gasteiger partial charge in [0.15, 0.2) is 0 Å². The van der Waals surface area contributed by atoms with Gasteiger partial charge in [0.1, 0.15) is 0 Å². The monoisotopic (exact) mass is 374 g/mol.